The lowest BCUT2D eigenvalue weighted by Gasteiger charge is -2.14. The van der Waals surface area contributed by atoms with Crippen molar-refractivity contribution < 1.29 is 14.2 Å². The maximum absolute atomic E-state index is 5.34. The molecule has 20 heavy (non-hydrogen) atoms. The number of hydrogen-bond donors (Lipinski definition) is 1. The van der Waals surface area contributed by atoms with E-state index in [1.807, 2.05) is 12.1 Å². The molecule has 0 unspecified atom stereocenters. The van der Waals surface area contributed by atoms with Crippen LogP contribution in [0, 0.1) is 0 Å². The third-order valence-electron chi connectivity index (χ3n) is 2.93. The van der Waals surface area contributed by atoms with Crippen molar-refractivity contribution in [1.82, 2.24) is 5.32 Å². The van der Waals surface area contributed by atoms with Crippen LogP contribution in [0.2, 0.25) is 0 Å². The average Bonchev–Trinajstić information content (AvgIpc) is 2.99. The number of nitrogens with one attached hydrogen (secondary N) is 1. The molecule has 4 nitrogen and oxygen atoms in total. The maximum Gasteiger partial charge on any atom is 0.203 e. The van der Waals surface area contributed by atoms with E-state index in [0.717, 1.165) is 18.7 Å². The van der Waals surface area contributed by atoms with E-state index in [2.05, 4.69) is 22.8 Å². The number of benzene rings is 1. The van der Waals surface area contributed by atoms with Gasteiger partial charge < -0.3 is 19.5 Å². The van der Waals surface area contributed by atoms with Gasteiger partial charge in [0.05, 0.1) is 21.3 Å². The van der Waals surface area contributed by atoms with Gasteiger partial charge >= 0.3 is 0 Å². The summed E-state index contributed by atoms with van der Waals surface area (Å²) in [5, 5.41) is 5.48. The van der Waals surface area contributed by atoms with Crippen LogP contribution in [0.15, 0.2) is 29.6 Å². The fourth-order valence-electron chi connectivity index (χ4n) is 1.98. The molecule has 0 aliphatic heterocycles. The molecule has 0 radical (unpaired) electrons. The Labute approximate surface area is 123 Å². The summed E-state index contributed by atoms with van der Waals surface area (Å²) in [5.74, 6) is 1.98. The Morgan fingerprint density at radius 1 is 1.00 bits per heavy atom. The van der Waals surface area contributed by atoms with Crippen molar-refractivity contribution in [2.75, 3.05) is 21.3 Å². The lowest BCUT2D eigenvalue weighted by Crippen LogP contribution is -2.12. The summed E-state index contributed by atoms with van der Waals surface area (Å²) < 4.78 is 16.0. The van der Waals surface area contributed by atoms with Crippen LogP contribution in [-0.2, 0) is 13.1 Å². The Bertz CT molecular complexity index is 515. The second kappa shape index (κ2) is 7.17. The van der Waals surface area contributed by atoms with Gasteiger partial charge in [-0.2, -0.15) is 0 Å². The molecule has 2 rings (SSSR count). The molecular weight excluding hydrogens is 274 g/mol. The fourth-order valence-corrected chi connectivity index (χ4v) is 2.66. The van der Waals surface area contributed by atoms with Gasteiger partial charge in [0, 0.05) is 18.0 Å². The molecule has 0 aliphatic carbocycles. The van der Waals surface area contributed by atoms with Crippen LogP contribution in [0.4, 0.5) is 0 Å². The van der Waals surface area contributed by atoms with Crippen LogP contribution >= 0.6 is 11.3 Å². The molecule has 1 heterocycles. The SMILES string of the molecule is COc1cc(CNCc2cccs2)cc(OC)c1OC. The van der Waals surface area contributed by atoms with E-state index in [4.69, 9.17) is 14.2 Å². The van der Waals surface area contributed by atoms with Gasteiger partial charge in [-0.1, -0.05) is 6.07 Å². The second-order valence-corrected chi connectivity index (χ2v) is 5.25. The van der Waals surface area contributed by atoms with E-state index in [0.29, 0.717) is 17.2 Å². The topological polar surface area (TPSA) is 39.7 Å². The predicted octanol–water partition coefficient (Wildman–Crippen LogP) is 3.06. The smallest absolute Gasteiger partial charge is 0.203 e. The van der Waals surface area contributed by atoms with Crippen LogP contribution in [0.25, 0.3) is 0 Å². The van der Waals surface area contributed by atoms with E-state index < -0.39 is 0 Å². The van der Waals surface area contributed by atoms with Gasteiger partial charge in [-0.25, -0.2) is 0 Å². The van der Waals surface area contributed by atoms with Crippen LogP contribution in [0.1, 0.15) is 10.4 Å². The van der Waals surface area contributed by atoms with Crippen molar-refractivity contribution in [3.63, 3.8) is 0 Å². The highest BCUT2D eigenvalue weighted by atomic mass is 32.1. The Morgan fingerprint density at radius 3 is 2.20 bits per heavy atom. The molecule has 0 spiro atoms. The molecule has 0 bridgehead atoms. The molecular formula is C15H19NO3S. The Kier molecular flexibility index (Phi) is 5.26. The molecule has 1 aromatic heterocycles. The molecule has 0 aliphatic rings. The van der Waals surface area contributed by atoms with Crippen molar-refractivity contribution >= 4 is 11.3 Å². The Balaban J connectivity index is 2.07. The lowest BCUT2D eigenvalue weighted by molar-refractivity contribution is 0.323. The molecule has 1 N–H and O–H groups in total. The first-order valence-electron chi connectivity index (χ1n) is 6.30. The van der Waals surface area contributed by atoms with Crippen LogP contribution < -0.4 is 19.5 Å². The van der Waals surface area contributed by atoms with E-state index >= 15 is 0 Å². The van der Waals surface area contributed by atoms with Crippen molar-refractivity contribution in [1.29, 1.82) is 0 Å². The van der Waals surface area contributed by atoms with Gasteiger partial charge in [0.2, 0.25) is 5.75 Å². The van der Waals surface area contributed by atoms with E-state index in [9.17, 15) is 0 Å². The van der Waals surface area contributed by atoms with E-state index in [-0.39, 0.29) is 0 Å². The van der Waals surface area contributed by atoms with Crippen molar-refractivity contribution in [2.24, 2.45) is 0 Å². The van der Waals surface area contributed by atoms with E-state index in [1.54, 1.807) is 32.7 Å². The molecule has 0 amide bonds. The zero-order valence-electron chi connectivity index (χ0n) is 11.9. The number of ether oxygens (including phenoxy) is 3. The van der Waals surface area contributed by atoms with Crippen LogP contribution in [0.3, 0.4) is 0 Å². The first kappa shape index (κ1) is 14.7. The average molecular weight is 293 g/mol. The third-order valence-corrected chi connectivity index (χ3v) is 3.81. The van der Waals surface area contributed by atoms with Gasteiger partial charge in [-0.05, 0) is 29.1 Å². The summed E-state index contributed by atoms with van der Waals surface area (Å²) in [7, 11) is 4.86. The molecule has 2 aromatic rings. The minimum absolute atomic E-state index is 0.622. The molecule has 5 heteroatoms. The first-order valence-corrected chi connectivity index (χ1v) is 7.18. The lowest BCUT2D eigenvalue weighted by atomic mass is 10.1. The summed E-state index contributed by atoms with van der Waals surface area (Å²) in [5.41, 5.74) is 1.09. The fraction of sp³-hybridized carbons (Fsp3) is 0.333. The maximum atomic E-state index is 5.34. The molecule has 0 fully saturated rings. The Hall–Kier alpha value is -1.72. The summed E-state index contributed by atoms with van der Waals surface area (Å²) >= 11 is 1.75. The zero-order chi connectivity index (χ0) is 14.4. The predicted molar refractivity (Wildman–Crippen MR) is 81.0 cm³/mol. The van der Waals surface area contributed by atoms with Gasteiger partial charge in [0.15, 0.2) is 11.5 Å². The second-order valence-electron chi connectivity index (χ2n) is 4.22. The number of methoxy groups -OCH3 is 3. The first-order chi connectivity index (χ1) is 9.78. The number of thiophene rings is 1. The summed E-state index contributed by atoms with van der Waals surface area (Å²) in [6.07, 6.45) is 0. The third kappa shape index (κ3) is 3.43. The molecule has 0 atom stereocenters. The summed E-state index contributed by atoms with van der Waals surface area (Å²) in [6, 6.07) is 8.10. The number of rotatable bonds is 7. The van der Waals surface area contributed by atoms with E-state index in [1.165, 1.54) is 4.88 Å². The van der Waals surface area contributed by atoms with Crippen molar-refractivity contribution in [3.05, 3.63) is 40.1 Å². The quantitative estimate of drug-likeness (QED) is 0.851. The molecule has 1 aromatic carbocycles. The standard InChI is InChI=1S/C15H19NO3S/c1-17-13-7-11(8-14(18-2)15(13)19-3)9-16-10-12-5-4-6-20-12/h4-8,16H,9-10H2,1-3H3. The highest BCUT2D eigenvalue weighted by molar-refractivity contribution is 7.09. The molecule has 108 valence electrons. The Morgan fingerprint density at radius 2 is 1.70 bits per heavy atom. The minimum atomic E-state index is 0.622. The normalized spacial score (nSPS) is 10.3. The minimum Gasteiger partial charge on any atom is -0.493 e. The number of hydrogen-bond acceptors (Lipinski definition) is 5. The highest BCUT2D eigenvalue weighted by Gasteiger charge is 2.12. The van der Waals surface area contributed by atoms with Gasteiger partial charge in [0.1, 0.15) is 0 Å². The molecule has 0 saturated carbocycles. The zero-order valence-corrected chi connectivity index (χ0v) is 12.8. The highest BCUT2D eigenvalue weighted by Crippen LogP contribution is 2.38. The van der Waals surface area contributed by atoms with Crippen LogP contribution in [0.5, 0.6) is 17.2 Å². The summed E-state index contributed by atoms with van der Waals surface area (Å²) in [6.45, 7) is 1.60. The van der Waals surface area contributed by atoms with Crippen LogP contribution in [-0.4, -0.2) is 21.3 Å². The van der Waals surface area contributed by atoms with Gasteiger partial charge in [-0.3, -0.25) is 0 Å². The van der Waals surface area contributed by atoms with Crippen molar-refractivity contribution in [2.45, 2.75) is 13.1 Å². The monoisotopic (exact) mass is 293 g/mol. The van der Waals surface area contributed by atoms with Crippen molar-refractivity contribution in [3.8, 4) is 17.2 Å². The van der Waals surface area contributed by atoms with Gasteiger partial charge in [-0.15, -0.1) is 11.3 Å². The largest absolute Gasteiger partial charge is 0.493 e. The van der Waals surface area contributed by atoms with Gasteiger partial charge in [0.25, 0.3) is 0 Å². The summed E-state index contributed by atoms with van der Waals surface area (Å²) in [4.78, 5) is 1.32. The molecule has 0 saturated heterocycles.